The largest absolute Gasteiger partial charge is 0.356 e. The monoisotopic (exact) mass is 255 g/mol. The van der Waals surface area contributed by atoms with E-state index in [0.717, 1.165) is 0 Å². The molecule has 100 valence electrons. The first-order valence-corrected chi connectivity index (χ1v) is 5.66. The zero-order valence-electron chi connectivity index (χ0n) is 10.5. The average Bonchev–Trinajstić information content (AvgIpc) is 2.36. The van der Waals surface area contributed by atoms with Crippen molar-refractivity contribution in [1.82, 2.24) is 10.5 Å². The second kappa shape index (κ2) is 7.05. The number of benzene rings is 1. The Morgan fingerprint density at radius 1 is 1.56 bits per heavy atom. The first kappa shape index (κ1) is 14.6. The summed E-state index contributed by atoms with van der Waals surface area (Å²) in [6.07, 6.45) is 0.180. The number of halogens is 1. The van der Waals surface area contributed by atoms with Gasteiger partial charge in [0.05, 0.1) is 6.42 Å². The summed E-state index contributed by atoms with van der Waals surface area (Å²) in [6.45, 7) is 2.33. The molecule has 0 spiro atoms. The van der Waals surface area contributed by atoms with Crippen molar-refractivity contribution in [2.45, 2.75) is 19.4 Å². The van der Waals surface area contributed by atoms with Crippen LogP contribution in [0.2, 0.25) is 0 Å². The van der Waals surface area contributed by atoms with Gasteiger partial charge in [-0.1, -0.05) is 23.8 Å². The highest BCUT2D eigenvalue weighted by Gasteiger charge is 2.16. The number of nitrogens with two attached hydrogens (primary N) is 1. The Hall–Kier alpha value is -1.50. The maximum Gasteiger partial charge on any atom is 0.327 e. The Kier molecular flexibility index (Phi) is 5.70. The normalized spacial score (nSPS) is 12.5. The van der Waals surface area contributed by atoms with Crippen molar-refractivity contribution in [2.75, 3.05) is 13.6 Å². The Morgan fingerprint density at radius 3 is 2.83 bits per heavy atom. The van der Waals surface area contributed by atoms with E-state index in [4.69, 9.17) is 5.84 Å². The lowest BCUT2D eigenvalue weighted by Gasteiger charge is -2.24. The lowest BCUT2D eigenvalue weighted by molar-refractivity contribution is -0.151. The van der Waals surface area contributed by atoms with Crippen LogP contribution < -0.4 is 11.4 Å². The second-order valence-electron chi connectivity index (χ2n) is 4.02. The summed E-state index contributed by atoms with van der Waals surface area (Å²) in [5.74, 6) is 4.15. The lowest BCUT2D eigenvalue weighted by atomic mass is 10.1. The van der Waals surface area contributed by atoms with Crippen molar-refractivity contribution in [3.63, 3.8) is 0 Å². The quantitative estimate of drug-likeness (QED) is 0.589. The first-order chi connectivity index (χ1) is 8.56. The van der Waals surface area contributed by atoms with Crippen molar-refractivity contribution >= 4 is 5.97 Å². The molecule has 1 unspecified atom stereocenters. The number of hydrazine groups is 1. The standard InChI is InChI=1S/C12H18FN3O2/c1-9(10-5-3-4-6-11(10)13)16(2)8-7-12(17)18-15-14/h3-6,9,15H,7-8,14H2,1-2H3. The molecule has 6 heteroatoms. The maximum absolute atomic E-state index is 13.6. The molecule has 3 N–H and O–H groups in total. The summed E-state index contributed by atoms with van der Waals surface area (Å²) < 4.78 is 13.6. The molecule has 0 aromatic heterocycles. The molecular weight excluding hydrogens is 237 g/mol. The molecule has 0 aliphatic rings. The Balaban J connectivity index is 2.54. The van der Waals surface area contributed by atoms with Gasteiger partial charge in [0.1, 0.15) is 5.82 Å². The summed E-state index contributed by atoms with van der Waals surface area (Å²) in [5, 5.41) is 0. The molecule has 0 fully saturated rings. The average molecular weight is 255 g/mol. The summed E-state index contributed by atoms with van der Waals surface area (Å²) in [5.41, 5.74) is 2.44. The highest BCUT2D eigenvalue weighted by molar-refractivity contribution is 5.69. The van der Waals surface area contributed by atoms with Gasteiger partial charge in [0, 0.05) is 18.2 Å². The zero-order valence-corrected chi connectivity index (χ0v) is 10.5. The molecule has 0 radical (unpaired) electrons. The van der Waals surface area contributed by atoms with Crippen LogP contribution in [-0.4, -0.2) is 24.5 Å². The van der Waals surface area contributed by atoms with E-state index in [2.05, 4.69) is 4.84 Å². The Bertz CT molecular complexity index is 401. The number of nitrogens with zero attached hydrogens (tertiary/aromatic N) is 1. The van der Waals surface area contributed by atoms with Crippen LogP contribution in [0.3, 0.4) is 0 Å². The molecule has 1 atom stereocenters. The summed E-state index contributed by atoms with van der Waals surface area (Å²) in [6, 6.07) is 6.47. The molecule has 0 saturated heterocycles. The van der Waals surface area contributed by atoms with E-state index in [0.29, 0.717) is 12.1 Å². The van der Waals surface area contributed by atoms with Gasteiger partial charge in [0.15, 0.2) is 0 Å². The van der Waals surface area contributed by atoms with Gasteiger partial charge in [-0.15, -0.1) is 0 Å². The van der Waals surface area contributed by atoms with E-state index in [-0.39, 0.29) is 18.3 Å². The van der Waals surface area contributed by atoms with Crippen LogP contribution in [0.5, 0.6) is 0 Å². The molecule has 0 bridgehead atoms. The lowest BCUT2D eigenvalue weighted by Crippen LogP contribution is -2.30. The number of carbonyl (C=O) groups is 1. The molecule has 1 aromatic rings. The van der Waals surface area contributed by atoms with Gasteiger partial charge in [-0.25, -0.2) is 10.2 Å². The third-order valence-electron chi connectivity index (χ3n) is 2.86. The highest BCUT2D eigenvalue weighted by atomic mass is 19.1. The second-order valence-corrected chi connectivity index (χ2v) is 4.02. The van der Waals surface area contributed by atoms with Crippen LogP contribution >= 0.6 is 0 Å². The molecule has 0 heterocycles. The van der Waals surface area contributed by atoms with Gasteiger partial charge >= 0.3 is 5.97 Å². The molecule has 0 saturated carbocycles. The van der Waals surface area contributed by atoms with Gasteiger partial charge in [-0.3, -0.25) is 9.69 Å². The number of carbonyl (C=O) groups excluding carboxylic acids is 1. The summed E-state index contributed by atoms with van der Waals surface area (Å²) in [4.78, 5) is 17.4. The zero-order chi connectivity index (χ0) is 13.5. The topological polar surface area (TPSA) is 67.6 Å². The maximum atomic E-state index is 13.6. The van der Waals surface area contributed by atoms with E-state index >= 15 is 0 Å². The Morgan fingerprint density at radius 2 is 2.22 bits per heavy atom. The van der Waals surface area contributed by atoms with E-state index in [1.807, 2.05) is 24.5 Å². The van der Waals surface area contributed by atoms with Crippen LogP contribution in [0.4, 0.5) is 4.39 Å². The smallest absolute Gasteiger partial charge is 0.327 e. The van der Waals surface area contributed by atoms with E-state index < -0.39 is 5.97 Å². The van der Waals surface area contributed by atoms with E-state index in [1.165, 1.54) is 6.07 Å². The van der Waals surface area contributed by atoms with Gasteiger partial charge in [-0.05, 0) is 20.0 Å². The first-order valence-electron chi connectivity index (χ1n) is 5.66. The number of hydrogen-bond acceptors (Lipinski definition) is 5. The van der Waals surface area contributed by atoms with Crippen LogP contribution in [-0.2, 0) is 9.63 Å². The molecule has 1 rings (SSSR count). The fourth-order valence-corrected chi connectivity index (χ4v) is 1.63. The number of rotatable bonds is 6. The minimum Gasteiger partial charge on any atom is -0.356 e. The van der Waals surface area contributed by atoms with Crippen molar-refractivity contribution in [2.24, 2.45) is 5.84 Å². The molecular formula is C12H18FN3O2. The van der Waals surface area contributed by atoms with Gasteiger partial charge in [-0.2, -0.15) is 0 Å². The van der Waals surface area contributed by atoms with E-state index in [9.17, 15) is 9.18 Å². The van der Waals surface area contributed by atoms with Crippen molar-refractivity contribution in [1.29, 1.82) is 0 Å². The van der Waals surface area contributed by atoms with Gasteiger partial charge < -0.3 is 4.84 Å². The van der Waals surface area contributed by atoms with Crippen LogP contribution in [0.25, 0.3) is 0 Å². The molecule has 18 heavy (non-hydrogen) atoms. The summed E-state index contributed by atoms with van der Waals surface area (Å²) in [7, 11) is 1.82. The molecule has 1 aromatic carbocycles. The fraction of sp³-hybridized carbons (Fsp3) is 0.417. The minimum atomic E-state index is -0.454. The van der Waals surface area contributed by atoms with Crippen LogP contribution in [0, 0.1) is 5.82 Å². The van der Waals surface area contributed by atoms with Crippen LogP contribution in [0.15, 0.2) is 24.3 Å². The predicted molar refractivity (Wildman–Crippen MR) is 65.5 cm³/mol. The predicted octanol–water partition coefficient (Wildman–Crippen LogP) is 1.13. The molecule has 5 nitrogen and oxygen atoms in total. The van der Waals surface area contributed by atoms with Gasteiger partial charge in [0.25, 0.3) is 0 Å². The highest BCUT2D eigenvalue weighted by Crippen LogP contribution is 2.21. The molecule has 0 aliphatic heterocycles. The Labute approximate surface area is 106 Å². The number of nitrogens with one attached hydrogen (secondary N) is 1. The van der Waals surface area contributed by atoms with Crippen molar-refractivity contribution < 1.29 is 14.0 Å². The molecule has 0 aliphatic carbocycles. The molecule has 0 amide bonds. The fourth-order valence-electron chi connectivity index (χ4n) is 1.63. The van der Waals surface area contributed by atoms with Gasteiger partial charge in [0.2, 0.25) is 0 Å². The third-order valence-corrected chi connectivity index (χ3v) is 2.86. The van der Waals surface area contributed by atoms with Crippen molar-refractivity contribution in [3.05, 3.63) is 35.6 Å². The summed E-state index contributed by atoms with van der Waals surface area (Å²) >= 11 is 0. The SMILES string of the molecule is CC(c1ccccc1F)N(C)CCC(=O)ONN. The third kappa shape index (κ3) is 4.06. The number of hydrogen-bond donors (Lipinski definition) is 2. The van der Waals surface area contributed by atoms with Crippen LogP contribution in [0.1, 0.15) is 24.9 Å². The minimum absolute atomic E-state index is 0.121. The van der Waals surface area contributed by atoms with E-state index in [1.54, 1.807) is 18.2 Å². The van der Waals surface area contributed by atoms with Crippen molar-refractivity contribution in [3.8, 4) is 0 Å².